The number of halogens is 3. The Morgan fingerprint density at radius 2 is 1.83 bits per heavy atom. The fraction of sp³-hybridized carbons (Fsp3) is 0.375. The molecule has 1 aromatic heterocycles. The van der Waals surface area contributed by atoms with Crippen LogP contribution < -0.4 is 0 Å². The van der Waals surface area contributed by atoms with E-state index in [2.05, 4.69) is 5.16 Å². The molecule has 1 aliphatic heterocycles. The second-order valence-corrected chi connectivity index (χ2v) is 5.76. The molecule has 2 aromatic rings. The average Bonchev–Trinajstić information content (AvgIpc) is 3.05. The lowest BCUT2D eigenvalue weighted by atomic mass is 9.90. The Kier molecular flexibility index (Phi) is 4.08. The molecule has 0 spiro atoms. The third kappa shape index (κ3) is 3.01. The lowest BCUT2D eigenvalue weighted by molar-refractivity contribution is -0.271. The molecule has 0 bridgehead atoms. The van der Waals surface area contributed by atoms with Crippen molar-refractivity contribution in [2.24, 2.45) is 0 Å². The van der Waals surface area contributed by atoms with Crippen LogP contribution in [0.1, 0.15) is 23.3 Å². The number of piperidine rings is 1. The van der Waals surface area contributed by atoms with Gasteiger partial charge in [-0.25, -0.2) is 0 Å². The van der Waals surface area contributed by atoms with Crippen LogP contribution in [-0.4, -0.2) is 45.9 Å². The van der Waals surface area contributed by atoms with E-state index in [4.69, 9.17) is 4.52 Å². The van der Waals surface area contributed by atoms with Crippen LogP contribution in [-0.2, 0) is 0 Å². The maximum absolute atomic E-state index is 12.8. The maximum Gasteiger partial charge on any atom is 0.417 e. The topological polar surface area (TPSA) is 66.6 Å². The molecule has 0 unspecified atom stereocenters. The number of hydrogen-bond donors (Lipinski definition) is 1. The van der Waals surface area contributed by atoms with Gasteiger partial charge >= 0.3 is 6.18 Å². The average molecular weight is 340 g/mol. The van der Waals surface area contributed by atoms with Gasteiger partial charge in [-0.05, 0) is 0 Å². The van der Waals surface area contributed by atoms with Crippen molar-refractivity contribution in [1.82, 2.24) is 10.1 Å². The Labute approximate surface area is 135 Å². The van der Waals surface area contributed by atoms with E-state index in [0.717, 1.165) is 5.56 Å². The van der Waals surface area contributed by atoms with Gasteiger partial charge in [-0.3, -0.25) is 4.79 Å². The van der Waals surface area contributed by atoms with Crippen LogP contribution in [0.3, 0.4) is 0 Å². The molecule has 2 heterocycles. The summed E-state index contributed by atoms with van der Waals surface area (Å²) < 4.78 is 43.5. The quantitative estimate of drug-likeness (QED) is 0.913. The Bertz CT molecular complexity index is 720. The van der Waals surface area contributed by atoms with Crippen LogP contribution in [0.4, 0.5) is 13.2 Å². The minimum absolute atomic E-state index is 0.0336. The SMILES string of the molecule is O=C(c1cc(-c2ccccc2)on1)N1CCC(O)(C(F)(F)F)CC1. The van der Waals surface area contributed by atoms with Gasteiger partial charge in [0.1, 0.15) is 0 Å². The molecule has 0 atom stereocenters. The first-order valence-electron chi connectivity index (χ1n) is 7.41. The van der Waals surface area contributed by atoms with E-state index < -0.39 is 30.5 Å². The van der Waals surface area contributed by atoms with Crippen molar-refractivity contribution < 1.29 is 27.6 Å². The summed E-state index contributed by atoms with van der Waals surface area (Å²) in [5.41, 5.74) is -1.96. The number of rotatable bonds is 2. The lowest BCUT2D eigenvalue weighted by Gasteiger charge is -2.38. The van der Waals surface area contributed by atoms with Gasteiger partial charge in [-0.2, -0.15) is 13.2 Å². The molecule has 1 saturated heterocycles. The maximum atomic E-state index is 12.8. The number of benzene rings is 1. The fourth-order valence-electron chi connectivity index (χ4n) is 2.64. The molecule has 0 radical (unpaired) electrons. The molecule has 0 saturated carbocycles. The monoisotopic (exact) mass is 340 g/mol. The highest BCUT2D eigenvalue weighted by Gasteiger charge is 2.55. The third-order valence-corrected chi connectivity index (χ3v) is 4.19. The van der Waals surface area contributed by atoms with Crippen molar-refractivity contribution in [2.45, 2.75) is 24.6 Å². The predicted molar refractivity (Wildman–Crippen MR) is 78.1 cm³/mol. The van der Waals surface area contributed by atoms with Gasteiger partial charge < -0.3 is 14.5 Å². The van der Waals surface area contributed by atoms with Crippen LogP contribution in [0.15, 0.2) is 40.9 Å². The highest BCUT2D eigenvalue weighted by atomic mass is 19.4. The van der Waals surface area contributed by atoms with Crippen LogP contribution in [0.25, 0.3) is 11.3 Å². The summed E-state index contributed by atoms with van der Waals surface area (Å²) in [6.07, 6.45) is -5.80. The van der Waals surface area contributed by atoms with E-state index >= 15 is 0 Å². The summed E-state index contributed by atoms with van der Waals surface area (Å²) in [5, 5.41) is 13.3. The van der Waals surface area contributed by atoms with E-state index in [0.29, 0.717) is 5.76 Å². The highest BCUT2D eigenvalue weighted by Crippen LogP contribution is 2.38. The number of likely N-dealkylation sites (tertiary alicyclic amines) is 1. The van der Waals surface area contributed by atoms with Crippen molar-refractivity contribution >= 4 is 5.91 Å². The van der Waals surface area contributed by atoms with E-state index in [1.54, 1.807) is 12.1 Å². The zero-order valence-electron chi connectivity index (χ0n) is 12.6. The Morgan fingerprint density at radius 3 is 2.42 bits per heavy atom. The normalized spacial score (nSPS) is 17.8. The van der Waals surface area contributed by atoms with Gasteiger partial charge in [0.15, 0.2) is 17.1 Å². The molecular weight excluding hydrogens is 325 g/mol. The largest absolute Gasteiger partial charge is 0.417 e. The van der Waals surface area contributed by atoms with Crippen molar-refractivity contribution in [3.63, 3.8) is 0 Å². The predicted octanol–water partition coefficient (Wildman–Crippen LogP) is 2.87. The minimum Gasteiger partial charge on any atom is -0.380 e. The van der Waals surface area contributed by atoms with Crippen molar-refractivity contribution in [3.8, 4) is 11.3 Å². The first kappa shape index (κ1) is 16.5. The number of hydrogen-bond acceptors (Lipinski definition) is 4. The second kappa shape index (κ2) is 5.94. The molecule has 0 aliphatic carbocycles. The molecule has 1 fully saturated rings. The van der Waals surface area contributed by atoms with Gasteiger partial charge in [-0.15, -0.1) is 0 Å². The molecule has 1 aliphatic rings. The number of carbonyl (C=O) groups is 1. The Balaban J connectivity index is 1.70. The van der Waals surface area contributed by atoms with Gasteiger partial charge in [0.05, 0.1) is 0 Å². The number of nitrogens with zero attached hydrogens (tertiary/aromatic N) is 2. The lowest BCUT2D eigenvalue weighted by Crippen LogP contribution is -2.54. The van der Waals surface area contributed by atoms with Crippen LogP contribution in [0, 0.1) is 0 Å². The zero-order chi connectivity index (χ0) is 17.4. The molecule has 1 amide bonds. The second-order valence-electron chi connectivity index (χ2n) is 5.76. The number of aromatic nitrogens is 1. The van der Waals surface area contributed by atoms with Crippen LogP contribution in [0.2, 0.25) is 0 Å². The molecule has 1 aromatic carbocycles. The van der Waals surface area contributed by atoms with Gasteiger partial charge in [0.2, 0.25) is 0 Å². The number of alkyl halides is 3. The fourth-order valence-corrected chi connectivity index (χ4v) is 2.64. The molecular formula is C16H15F3N2O3. The number of carbonyl (C=O) groups excluding carboxylic acids is 1. The molecule has 24 heavy (non-hydrogen) atoms. The first-order valence-corrected chi connectivity index (χ1v) is 7.41. The zero-order valence-corrected chi connectivity index (χ0v) is 12.6. The third-order valence-electron chi connectivity index (χ3n) is 4.19. The minimum atomic E-state index is -4.70. The summed E-state index contributed by atoms with van der Waals surface area (Å²) in [5.74, 6) is -0.104. The van der Waals surface area contributed by atoms with Gasteiger partial charge in [-0.1, -0.05) is 35.5 Å². The standard InChI is InChI=1S/C16H15F3N2O3/c17-16(18,19)15(23)6-8-21(9-7-15)14(22)12-10-13(24-20-12)11-4-2-1-3-5-11/h1-5,10,23H,6-9H2. The highest BCUT2D eigenvalue weighted by molar-refractivity contribution is 5.93. The van der Waals surface area contributed by atoms with Gasteiger partial charge in [0, 0.05) is 37.6 Å². The van der Waals surface area contributed by atoms with E-state index in [1.807, 2.05) is 18.2 Å². The first-order chi connectivity index (χ1) is 11.3. The van der Waals surface area contributed by atoms with Crippen molar-refractivity contribution in [2.75, 3.05) is 13.1 Å². The summed E-state index contributed by atoms with van der Waals surface area (Å²) >= 11 is 0. The summed E-state index contributed by atoms with van der Waals surface area (Å²) in [7, 11) is 0. The molecule has 128 valence electrons. The van der Waals surface area contributed by atoms with E-state index in [-0.39, 0.29) is 18.8 Å². The van der Waals surface area contributed by atoms with Gasteiger partial charge in [0.25, 0.3) is 5.91 Å². The van der Waals surface area contributed by atoms with Crippen LogP contribution in [0.5, 0.6) is 0 Å². The summed E-state index contributed by atoms with van der Waals surface area (Å²) in [6.45, 7) is -0.384. The summed E-state index contributed by atoms with van der Waals surface area (Å²) in [4.78, 5) is 13.6. The van der Waals surface area contributed by atoms with E-state index in [1.165, 1.54) is 11.0 Å². The van der Waals surface area contributed by atoms with E-state index in [9.17, 15) is 23.1 Å². The smallest absolute Gasteiger partial charge is 0.380 e. The van der Waals surface area contributed by atoms with Crippen molar-refractivity contribution in [1.29, 1.82) is 0 Å². The van der Waals surface area contributed by atoms with Crippen molar-refractivity contribution in [3.05, 3.63) is 42.1 Å². The molecule has 8 heteroatoms. The number of aliphatic hydroxyl groups is 1. The Morgan fingerprint density at radius 1 is 1.21 bits per heavy atom. The molecule has 1 N–H and O–H groups in total. The molecule has 5 nitrogen and oxygen atoms in total. The molecule has 3 rings (SSSR count). The summed E-state index contributed by atoms with van der Waals surface area (Å²) in [6, 6.07) is 10.5. The number of amides is 1. The van der Waals surface area contributed by atoms with Crippen LogP contribution >= 0.6 is 0 Å². The Hall–Kier alpha value is -2.35.